The molecule has 1 aromatic rings. The molecule has 2 rings (SSSR count). The molecular weight excluding hydrogens is 272 g/mol. The van der Waals surface area contributed by atoms with Crippen molar-refractivity contribution >= 4 is 0 Å². The highest BCUT2D eigenvalue weighted by Crippen LogP contribution is 2.30. The minimum absolute atomic E-state index is 0.374. The van der Waals surface area contributed by atoms with Gasteiger partial charge < -0.3 is 10.4 Å². The molecule has 1 unspecified atom stereocenters. The Labute approximate surface area is 125 Å². The zero-order valence-corrected chi connectivity index (χ0v) is 12.6. The maximum atomic E-state index is 13.1. The summed E-state index contributed by atoms with van der Waals surface area (Å²) in [5, 5.41) is 13.2. The summed E-state index contributed by atoms with van der Waals surface area (Å²) in [4.78, 5) is 0. The van der Waals surface area contributed by atoms with E-state index in [2.05, 4.69) is 12.2 Å². The normalized spacial score (nSPS) is 24.0. The molecular formula is C17H25F2NO. The summed E-state index contributed by atoms with van der Waals surface area (Å²) >= 11 is 0. The van der Waals surface area contributed by atoms with E-state index in [1.165, 1.54) is 38.2 Å². The maximum absolute atomic E-state index is 13.1. The predicted molar refractivity (Wildman–Crippen MR) is 79.9 cm³/mol. The minimum Gasteiger partial charge on any atom is -0.387 e. The number of benzene rings is 1. The van der Waals surface area contributed by atoms with Crippen molar-refractivity contribution in [1.82, 2.24) is 5.32 Å². The number of aliphatic hydroxyl groups is 1. The number of aliphatic hydroxyl groups excluding tert-OH is 1. The molecule has 1 saturated carbocycles. The standard InChI is InChI=1S/C17H25F2NO/c1-2-12-3-5-13(6-4-12)10-20-11-17(21)14-7-8-15(18)16(19)9-14/h7-9,12-13,17,20-21H,2-6,10-11H2,1H3. The van der Waals surface area contributed by atoms with E-state index in [1.807, 2.05) is 0 Å². The van der Waals surface area contributed by atoms with Crippen molar-refractivity contribution in [2.24, 2.45) is 11.8 Å². The molecule has 0 aromatic heterocycles. The monoisotopic (exact) mass is 297 g/mol. The van der Waals surface area contributed by atoms with E-state index < -0.39 is 17.7 Å². The van der Waals surface area contributed by atoms with Gasteiger partial charge in [0.25, 0.3) is 0 Å². The summed E-state index contributed by atoms with van der Waals surface area (Å²) in [5.41, 5.74) is 0.413. The average molecular weight is 297 g/mol. The van der Waals surface area contributed by atoms with Gasteiger partial charge in [-0.25, -0.2) is 8.78 Å². The maximum Gasteiger partial charge on any atom is 0.159 e. The fourth-order valence-electron chi connectivity index (χ4n) is 3.11. The molecule has 0 amide bonds. The van der Waals surface area contributed by atoms with Crippen molar-refractivity contribution in [3.8, 4) is 0 Å². The highest BCUT2D eigenvalue weighted by atomic mass is 19.2. The summed E-state index contributed by atoms with van der Waals surface area (Å²) in [6.45, 7) is 3.51. The largest absolute Gasteiger partial charge is 0.387 e. The zero-order chi connectivity index (χ0) is 15.2. The predicted octanol–water partition coefficient (Wildman–Crippen LogP) is 3.80. The van der Waals surface area contributed by atoms with Gasteiger partial charge in [-0.1, -0.05) is 32.3 Å². The first-order chi connectivity index (χ1) is 10.1. The van der Waals surface area contributed by atoms with Crippen molar-refractivity contribution in [1.29, 1.82) is 0 Å². The Hall–Kier alpha value is -1.00. The van der Waals surface area contributed by atoms with E-state index >= 15 is 0 Å². The lowest BCUT2D eigenvalue weighted by molar-refractivity contribution is 0.168. The van der Waals surface area contributed by atoms with Crippen LogP contribution in [0.3, 0.4) is 0 Å². The highest BCUT2D eigenvalue weighted by Gasteiger charge is 2.20. The lowest BCUT2D eigenvalue weighted by atomic mass is 9.81. The Morgan fingerprint density at radius 2 is 1.81 bits per heavy atom. The second-order valence-electron chi connectivity index (χ2n) is 6.14. The summed E-state index contributed by atoms with van der Waals surface area (Å²) < 4.78 is 26.0. The van der Waals surface area contributed by atoms with E-state index in [4.69, 9.17) is 0 Å². The fourth-order valence-corrected chi connectivity index (χ4v) is 3.11. The summed E-state index contributed by atoms with van der Waals surface area (Å²) in [5.74, 6) is -0.241. The first-order valence-electron chi connectivity index (χ1n) is 7.93. The molecule has 2 N–H and O–H groups in total. The molecule has 1 aliphatic rings. The van der Waals surface area contributed by atoms with Gasteiger partial charge in [0.2, 0.25) is 0 Å². The molecule has 0 aliphatic heterocycles. The third kappa shape index (κ3) is 4.75. The molecule has 0 heterocycles. The van der Waals surface area contributed by atoms with Gasteiger partial charge in [0.05, 0.1) is 6.10 Å². The van der Waals surface area contributed by atoms with Crippen LogP contribution >= 0.6 is 0 Å². The summed E-state index contributed by atoms with van der Waals surface area (Å²) in [6.07, 6.45) is 5.56. The molecule has 1 atom stereocenters. The smallest absolute Gasteiger partial charge is 0.159 e. The second kappa shape index (κ2) is 7.85. The molecule has 2 nitrogen and oxygen atoms in total. The molecule has 0 radical (unpaired) electrons. The average Bonchev–Trinajstić information content (AvgIpc) is 2.50. The zero-order valence-electron chi connectivity index (χ0n) is 12.6. The van der Waals surface area contributed by atoms with Crippen molar-refractivity contribution < 1.29 is 13.9 Å². The second-order valence-corrected chi connectivity index (χ2v) is 6.14. The number of hydrogen-bond acceptors (Lipinski definition) is 2. The first-order valence-corrected chi connectivity index (χ1v) is 7.93. The first kappa shape index (κ1) is 16.4. The van der Waals surface area contributed by atoms with E-state index in [1.54, 1.807) is 0 Å². The molecule has 1 aliphatic carbocycles. The van der Waals surface area contributed by atoms with Crippen molar-refractivity contribution in [3.05, 3.63) is 35.4 Å². The minimum atomic E-state index is -0.913. The number of halogens is 2. The van der Waals surface area contributed by atoms with Gasteiger partial charge in [0, 0.05) is 6.54 Å². The van der Waals surface area contributed by atoms with Crippen LogP contribution in [0.4, 0.5) is 8.78 Å². The van der Waals surface area contributed by atoms with Crippen LogP contribution in [0, 0.1) is 23.5 Å². The van der Waals surface area contributed by atoms with Crippen LogP contribution in [0.5, 0.6) is 0 Å². The van der Waals surface area contributed by atoms with Crippen LogP contribution in [-0.4, -0.2) is 18.2 Å². The lowest BCUT2D eigenvalue weighted by Gasteiger charge is -2.28. The van der Waals surface area contributed by atoms with Gasteiger partial charge in [-0.2, -0.15) is 0 Å². The van der Waals surface area contributed by atoms with Crippen LogP contribution in [-0.2, 0) is 0 Å². The van der Waals surface area contributed by atoms with Crippen molar-refractivity contribution in [3.63, 3.8) is 0 Å². The molecule has 118 valence electrons. The lowest BCUT2D eigenvalue weighted by Crippen LogP contribution is -2.29. The topological polar surface area (TPSA) is 32.3 Å². The van der Waals surface area contributed by atoms with Crippen LogP contribution in [0.2, 0.25) is 0 Å². The van der Waals surface area contributed by atoms with E-state index in [0.29, 0.717) is 18.0 Å². The molecule has 1 aromatic carbocycles. The third-order valence-electron chi connectivity index (χ3n) is 4.64. The van der Waals surface area contributed by atoms with Crippen molar-refractivity contribution in [2.75, 3.05) is 13.1 Å². The number of nitrogens with one attached hydrogen (secondary N) is 1. The van der Waals surface area contributed by atoms with Crippen LogP contribution < -0.4 is 5.32 Å². The molecule has 0 spiro atoms. The van der Waals surface area contributed by atoms with E-state index in [-0.39, 0.29) is 0 Å². The Balaban J connectivity index is 1.72. The SMILES string of the molecule is CCC1CCC(CNCC(O)c2ccc(F)c(F)c2)CC1. The number of rotatable bonds is 6. The van der Waals surface area contributed by atoms with Gasteiger partial charge in [0.15, 0.2) is 11.6 Å². The highest BCUT2D eigenvalue weighted by molar-refractivity contribution is 5.20. The van der Waals surface area contributed by atoms with E-state index in [9.17, 15) is 13.9 Å². The van der Waals surface area contributed by atoms with Gasteiger partial charge in [-0.3, -0.25) is 0 Å². The number of hydrogen-bond donors (Lipinski definition) is 2. The Kier molecular flexibility index (Phi) is 6.12. The fraction of sp³-hybridized carbons (Fsp3) is 0.647. The Bertz CT molecular complexity index is 444. The Morgan fingerprint density at radius 1 is 1.14 bits per heavy atom. The molecule has 0 saturated heterocycles. The van der Waals surface area contributed by atoms with Crippen LogP contribution in [0.25, 0.3) is 0 Å². The van der Waals surface area contributed by atoms with Gasteiger partial charge in [0.1, 0.15) is 0 Å². The molecule has 4 heteroatoms. The van der Waals surface area contributed by atoms with E-state index in [0.717, 1.165) is 24.6 Å². The molecule has 0 bridgehead atoms. The Morgan fingerprint density at radius 3 is 2.43 bits per heavy atom. The third-order valence-corrected chi connectivity index (χ3v) is 4.64. The quantitative estimate of drug-likeness (QED) is 0.837. The summed E-state index contributed by atoms with van der Waals surface area (Å²) in [6, 6.07) is 3.55. The van der Waals surface area contributed by atoms with Crippen LogP contribution in [0.1, 0.15) is 50.7 Å². The van der Waals surface area contributed by atoms with Gasteiger partial charge in [-0.05, 0) is 48.9 Å². The van der Waals surface area contributed by atoms with Crippen molar-refractivity contribution in [2.45, 2.75) is 45.1 Å². The van der Waals surface area contributed by atoms with Crippen LogP contribution in [0.15, 0.2) is 18.2 Å². The van der Waals surface area contributed by atoms with Gasteiger partial charge >= 0.3 is 0 Å². The molecule has 21 heavy (non-hydrogen) atoms. The molecule has 1 fully saturated rings. The van der Waals surface area contributed by atoms with Gasteiger partial charge in [-0.15, -0.1) is 0 Å². The summed E-state index contributed by atoms with van der Waals surface area (Å²) in [7, 11) is 0.